The van der Waals surface area contributed by atoms with Crippen molar-refractivity contribution in [1.29, 1.82) is 5.41 Å². The fourth-order valence-electron chi connectivity index (χ4n) is 3.09. The molecule has 2 aliphatic heterocycles. The highest BCUT2D eigenvalue weighted by Crippen LogP contribution is 2.35. The maximum absolute atomic E-state index is 12.9. The zero-order valence-corrected chi connectivity index (χ0v) is 16.1. The molecule has 0 spiro atoms. The molecule has 29 heavy (non-hydrogen) atoms. The number of fused-ring (bicyclic) bond motifs is 1. The van der Waals surface area contributed by atoms with Gasteiger partial charge < -0.3 is 4.57 Å². The van der Waals surface area contributed by atoms with E-state index in [-0.39, 0.29) is 22.5 Å². The number of aromatic nitrogens is 1. The summed E-state index contributed by atoms with van der Waals surface area (Å²) in [5.74, 6) is -1.22. The summed E-state index contributed by atoms with van der Waals surface area (Å²) in [6.07, 6.45) is -1.43. The molecule has 0 fully saturated rings. The Hall–Kier alpha value is -3.14. The molecule has 0 unspecified atom stereocenters. The Labute approximate surface area is 167 Å². The van der Waals surface area contributed by atoms with Gasteiger partial charge in [0, 0.05) is 17.6 Å². The molecule has 3 heterocycles. The maximum Gasteiger partial charge on any atom is 0.441 e. The van der Waals surface area contributed by atoms with E-state index < -0.39 is 23.0 Å². The van der Waals surface area contributed by atoms with Crippen molar-refractivity contribution >= 4 is 39.8 Å². The highest BCUT2D eigenvalue weighted by molar-refractivity contribution is 8.27. The molecule has 0 bridgehead atoms. The lowest BCUT2D eigenvalue weighted by molar-refractivity contribution is -0.114. The summed E-state index contributed by atoms with van der Waals surface area (Å²) in [7, 11) is 0. The van der Waals surface area contributed by atoms with Crippen LogP contribution in [0.3, 0.4) is 0 Å². The van der Waals surface area contributed by atoms with Gasteiger partial charge in [-0.25, -0.2) is 0 Å². The summed E-state index contributed by atoms with van der Waals surface area (Å²) in [4.78, 5) is 16.1. The van der Waals surface area contributed by atoms with Crippen molar-refractivity contribution in [2.24, 2.45) is 10.1 Å². The number of rotatable bonds is 2. The number of aryl methyl sites for hydroxylation is 2. The van der Waals surface area contributed by atoms with Crippen LogP contribution < -0.4 is 0 Å². The number of amides is 1. The van der Waals surface area contributed by atoms with E-state index in [0.29, 0.717) is 5.69 Å². The Morgan fingerprint density at radius 2 is 1.86 bits per heavy atom. The lowest BCUT2D eigenvalue weighted by Crippen LogP contribution is -2.35. The Morgan fingerprint density at radius 1 is 1.17 bits per heavy atom. The molecule has 0 radical (unpaired) electrons. The number of amidine groups is 2. The summed E-state index contributed by atoms with van der Waals surface area (Å²) in [6, 6.07) is 9.49. The van der Waals surface area contributed by atoms with Crippen molar-refractivity contribution in [1.82, 2.24) is 9.58 Å². The molecule has 0 aliphatic carbocycles. The van der Waals surface area contributed by atoms with Gasteiger partial charge >= 0.3 is 6.18 Å². The minimum absolute atomic E-state index is 0.133. The van der Waals surface area contributed by atoms with Gasteiger partial charge in [0.1, 0.15) is 0 Å². The van der Waals surface area contributed by atoms with E-state index in [4.69, 9.17) is 5.41 Å². The van der Waals surface area contributed by atoms with Crippen LogP contribution in [0.5, 0.6) is 0 Å². The Bertz CT molecular complexity index is 1120. The molecule has 0 atom stereocenters. The standard InChI is InChI=1S/C19H14F3N5OS/c1-10-6-11(2)8-13(7-10)26-5-3-4-12(26)9-14-15(23)27-18(24-16(14)28)29-17(25-27)19(20,21)22/h3-9,23H,1-2H3/b14-9+,23-15?. The normalized spacial score (nSPS) is 18.2. The molecule has 0 saturated carbocycles. The molecule has 2 aromatic rings. The fraction of sp³-hybridized carbons (Fsp3) is 0.158. The maximum atomic E-state index is 12.9. The van der Waals surface area contributed by atoms with E-state index in [1.165, 1.54) is 6.08 Å². The number of aliphatic imine (C=N–C) groups is 1. The van der Waals surface area contributed by atoms with Crippen molar-refractivity contribution in [2.75, 3.05) is 0 Å². The highest BCUT2D eigenvalue weighted by Gasteiger charge is 2.46. The van der Waals surface area contributed by atoms with E-state index in [2.05, 4.69) is 10.1 Å². The van der Waals surface area contributed by atoms with Crippen molar-refractivity contribution in [2.45, 2.75) is 20.0 Å². The summed E-state index contributed by atoms with van der Waals surface area (Å²) in [5.41, 5.74) is 3.45. The van der Waals surface area contributed by atoms with Crippen LogP contribution in [0, 0.1) is 19.3 Å². The van der Waals surface area contributed by atoms with Gasteiger partial charge in [-0.05, 0) is 67.1 Å². The second kappa shape index (κ2) is 6.73. The lowest BCUT2D eigenvalue weighted by Gasteiger charge is -2.20. The first kappa shape index (κ1) is 19.2. The first-order valence-electron chi connectivity index (χ1n) is 8.47. The molecule has 1 amide bonds. The Kier molecular flexibility index (Phi) is 4.45. The first-order chi connectivity index (χ1) is 13.6. The third-order valence-corrected chi connectivity index (χ3v) is 5.21. The van der Waals surface area contributed by atoms with Gasteiger partial charge in [0.15, 0.2) is 5.84 Å². The number of hydrazone groups is 1. The first-order valence-corrected chi connectivity index (χ1v) is 9.28. The number of benzene rings is 1. The van der Waals surface area contributed by atoms with Gasteiger partial charge in [-0.2, -0.15) is 28.3 Å². The fourth-order valence-corrected chi connectivity index (χ4v) is 3.85. The molecule has 6 nitrogen and oxygen atoms in total. The predicted octanol–water partition coefficient (Wildman–Crippen LogP) is 4.28. The van der Waals surface area contributed by atoms with Crippen LogP contribution in [0.4, 0.5) is 13.2 Å². The number of carbonyl (C=O) groups is 1. The monoisotopic (exact) mass is 417 g/mol. The molecule has 10 heteroatoms. The predicted molar refractivity (Wildman–Crippen MR) is 106 cm³/mol. The van der Waals surface area contributed by atoms with Gasteiger partial charge in [-0.1, -0.05) is 6.07 Å². The van der Waals surface area contributed by atoms with Crippen LogP contribution in [-0.2, 0) is 4.79 Å². The molecule has 0 saturated heterocycles. The minimum atomic E-state index is -4.67. The van der Waals surface area contributed by atoms with E-state index in [1.54, 1.807) is 18.3 Å². The van der Waals surface area contributed by atoms with Gasteiger partial charge in [-0.3, -0.25) is 10.2 Å². The van der Waals surface area contributed by atoms with Crippen LogP contribution >= 0.6 is 11.8 Å². The summed E-state index contributed by atoms with van der Waals surface area (Å²) >= 11 is 0.229. The second-order valence-corrected chi connectivity index (χ2v) is 7.53. The SMILES string of the molecule is Cc1cc(C)cc(-n2cccc2/C=C2\C(=N)N3N=C(C(F)(F)F)SC3=NC2=O)c1. The molecule has 4 rings (SSSR count). The smallest absolute Gasteiger partial charge is 0.317 e. The van der Waals surface area contributed by atoms with E-state index in [0.717, 1.165) is 21.8 Å². The zero-order chi connectivity index (χ0) is 20.9. The number of halogens is 3. The molecule has 1 N–H and O–H groups in total. The largest absolute Gasteiger partial charge is 0.441 e. The van der Waals surface area contributed by atoms with Crippen molar-refractivity contribution in [3.05, 3.63) is 58.9 Å². The number of alkyl halides is 3. The number of hydrogen-bond acceptors (Lipinski definition) is 4. The number of nitrogens with one attached hydrogen (secondary N) is 1. The molecule has 2 aliphatic rings. The topological polar surface area (TPSA) is 73.8 Å². The molecular weight excluding hydrogens is 403 g/mol. The molecule has 1 aromatic carbocycles. The van der Waals surface area contributed by atoms with E-state index in [1.807, 2.05) is 36.6 Å². The van der Waals surface area contributed by atoms with E-state index >= 15 is 0 Å². The summed E-state index contributed by atoms with van der Waals surface area (Å²) < 4.78 is 40.6. The second-order valence-electron chi connectivity index (χ2n) is 6.57. The minimum Gasteiger partial charge on any atom is -0.317 e. The lowest BCUT2D eigenvalue weighted by atomic mass is 10.1. The summed E-state index contributed by atoms with van der Waals surface area (Å²) in [6.45, 7) is 3.94. The average Bonchev–Trinajstić information content (AvgIpc) is 3.24. The molecular formula is C19H14F3N5OS. The average molecular weight is 417 g/mol. The van der Waals surface area contributed by atoms with Crippen molar-refractivity contribution in [3.8, 4) is 5.69 Å². The van der Waals surface area contributed by atoms with Crippen LogP contribution in [0.2, 0.25) is 0 Å². The third kappa shape index (κ3) is 3.51. The zero-order valence-electron chi connectivity index (χ0n) is 15.3. The van der Waals surface area contributed by atoms with Gasteiger partial charge in [0.2, 0.25) is 10.2 Å². The van der Waals surface area contributed by atoms with Crippen LogP contribution in [0.1, 0.15) is 16.8 Å². The van der Waals surface area contributed by atoms with Crippen LogP contribution in [0.15, 0.2) is 52.2 Å². The van der Waals surface area contributed by atoms with Gasteiger partial charge in [0.25, 0.3) is 5.91 Å². The molecule has 148 valence electrons. The van der Waals surface area contributed by atoms with Gasteiger partial charge in [-0.15, -0.1) is 0 Å². The van der Waals surface area contributed by atoms with Crippen LogP contribution in [0.25, 0.3) is 11.8 Å². The van der Waals surface area contributed by atoms with Crippen molar-refractivity contribution in [3.63, 3.8) is 0 Å². The van der Waals surface area contributed by atoms with E-state index in [9.17, 15) is 18.0 Å². The highest BCUT2D eigenvalue weighted by atomic mass is 32.2. The molecule has 1 aromatic heterocycles. The van der Waals surface area contributed by atoms with Gasteiger partial charge in [0.05, 0.1) is 5.57 Å². The number of thioether (sulfide) groups is 1. The number of carbonyl (C=O) groups excluding carboxylic acids is 1. The summed E-state index contributed by atoms with van der Waals surface area (Å²) in [5, 5.41) is 10.9. The quantitative estimate of drug-likeness (QED) is 0.742. The van der Waals surface area contributed by atoms with Crippen molar-refractivity contribution < 1.29 is 18.0 Å². The van der Waals surface area contributed by atoms with Crippen LogP contribution in [-0.4, -0.2) is 37.7 Å². The Balaban J connectivity index is 1.74. The number of nitrogens with zero attached hydrogens (tertiary/aromatic N) is 4. The third-order valence-electron chi connectivity index (χ3n) is 4.25. The number of hydrogen-bond donors (Lipinski definition) is 1. The Morgan fingerprint density at radius 3 is 2.52 bits per heavy atom.